The Kier molecular flexibility index (Phi) is 7.03. The first kappa shape index (κ1) is 19.2. The minimum atomic E-state index is -3.45. The van der Waals surface area contributed by atoms with Crippen LogP contribution in [0, 0.1) is 0 Å². The van der Waals surface area contributed by atoms with Gasteiger partial charge in [-0.25, -0.2) is 8.42 Å². The number of hydrogen-bond acceptors (Lipinski definition) is 4. The average Bonchev–Trinajstić information content (AvgIpc) is 3.01. The first-order valence-corrected chi connectivity index (χ1v) is 10.1. The lowest BCUT2D eigenvalue weighted by Gasteiger charge is -2.22. The lowest BCUT2D eigenvalue weighted by atomic mass is 10.1. The van der Waals surface area contributed by atoms with Crippen molar-refractivity contribution >= 4 is 27.5 Å². The van der Waals surface area contributed by atoms with E-state index in [-0.39, 0.29) is 25.1 Å². The van der Waals surface area contributed by atoms with Crippen LogP contribution in [0.15, 0.2) is 24.3 Å². The highest BCUT2D eigenvalue weighted by Crippen LogP contribution is 2.14. The summed E-state index contributed by atoms with van der Waals surface area (Å²) in [7, 11) is -3.45. The standard InChI is InChI=1S/C16H23ClN2O4S/c1-24(21,22)19(11-15-3-2-10-23-15)12-16(20)18-9-8-13-4-6-14(17)7-5-13/h4-7,15H,2-3,8-12H2,1H3,(H,18,20). The number of nitrogens with one attached hydrogen (secondary N) is 1. The number of benzene rings is 1. The van der Waals surface area contributed by atoms with E-state index in [9.17, 15) is 13.2 Å². The highest BCUT2D eigenvalue weighted by molar-refractivity contribution is 7.88. The molecule has 24 heavy (non-hydrogen) atoms. The first-order chi connectivity index (χ1) is 11.3. The van der Waals surface area contributed by atoms with Gasteiger partial charge in [0, 0.05) is 24.7 Å². The van der Waals surface area contributed by atoms with Gasteiger partial charge in [0.1, 0.15) is 0 Å². The Bertz CT molecular complexity index is 643. The van der Waals surface area contributed by atoms with Gasteiger partial charge in [0.25, 0.3) is 0 Å². The molecule has 1 unspecified atom stereocenters. The summed E-state index contributed by atoms with van der Waals surface area (Å²) < 4.78 is 30.4. The van der Waals surface area contributed by atoms with E-state index in [0.717, 1.165) is 24.7 Å². The number of sulfonamides is 1. The minimum Gasteiger partial charge on any atom is -0.377 e. The summed E-state index contributed by atoms with van der Waals surface area (Å²) in [6, 6.07) is 7.39. The molecule has 134 valence electrons. The van der Waals surface area contributed by atoms with Gasteiger partial charge < -0.3 is 10.1 Å². The maximum Gasteiger partial charge on any atom is 0.235 e. The van der Waals surface area contributed by atoms with Gasteiger partial charge in [-0.15, -0.1) is 0 Å². The first-order valence-electron chi connectivity index (χ1n) is 7.92. The molecule has 0 saturated carbocycles. The fourth-order valence-corrected chi connectivity index (χ4v) is 3.46. The maximum absolute atomic E-state index is 12.0. The zero-order chi connectivity index (χ0) is 17.6. The molecule has 1 N–H and O–H groups in total. The molecule has 0 aliphatic carbocycles. The predicted molar refractivity (Wildman–Crippen MR) is 93.6 cm³/mol. The predicted octanol–water partition coefficient (Wildman–Crippen LogP) is 1.44. The molecule has 1 fully saturated rings. The van der Waals surface area contributed by atoms with Crippen molar-refractivity contribution in [3.8, 4) is 0 Å². The fraction of sp³-hybridized carbons (Fsp3) is 0.562. The van der Waals surface area contributed by atoms with Crippen LogP contribution in [-0.4, -0.2) is 57.2 Å². The summed E-state index contributed by atoms with van der Waals surface area (Å²) in [4.78, 5) is 12.0. The molecule has 1 aromatic carbocycles. The van der Waals surface area contributed by atoms with Crippen LogP contribution in [0.5, 0.6) is 0 Å². The largest absolute Gasteiger partial charge is 0.377 e. The van der Waals surface area contributed by atoms with E-state index in [1.165, 1.54) is 4.31 Å². The van der Waals surface area contributed by atoms with E-state index in [4.69, 9.17) is 16.3 Å². The van der Waals surface area contributed by atoms with Crippen molar-refractivity contribution < 1.29 is 17.9 Å². The fourth-order valence-electron chi connectivity index (χ4n) is 2.55. The van der Waals surface area contributed by atoms with Crippen LogP contribution in [0.25, 0.3) is 0 Å². The van der Waals surface area contributed by atoms with Crippen molar-refractivity contribution in [1.82, 2.24) is 9.62 Å². The molecule has 6 nitrogen and oxygen atoms in total. The second kappa shape index (κ2) is 8.80. The zero-order valence-electron chi connectivity index (χ0n) is 13.7. The number of hydrogen-bond donors (Lipinski definition) is 1. The number of carbonyl (C=O) groups excluding carboxylic acids is 1. The highest BCUT2D eigenvalue weighted by atomic mass is 35.5. The third-order valence-corrected chi connectivity index (χ3v) is 5.34. The highest BCUT2D eigenvalue weighted by Gasteiger charge is 2.26. The SMILES string of the molecule is CS(=O)(=O)N(CC(=O)NCCc1ccc(Cl)cc1)CC1CCCO1. The van der Waals surface area contributed by atoms with E-state index >= 15 is 0 Å². The van der Waals surface area contributed by atoms with E-state index in [2.05, 4.69) is 5.32 Å². The molecule has 0 bridgehead atoms. The van der Waals surface area contributed by atoms with Crippen LogP contribution in [0.2, 0.25) is 5.02 Å². The summed E-state index contributed by atoms with van der Waals surface area (Å²) in [5.74, 6) is -0.313. The zero-order valence-corrected chi connectivity index (χ0v) is 15.3. The van der Waals surface area contributed by atoms with Crippen LogP contribution in [0.1, 0.15) is 18.4 Å². The number of ether oxygens (including phenoxy) is 1. The monoisotopic (exact) mass is 374 g/mol. The molecule has 1 amide bonds. The lowest BCUT2D eigenvalue weighted by molar-refractivity contribution is -0.121. The number of nitrogens with zero attached hydrogens (tertiary/aromatic N) is 1. The van der Waals surface area contributed by atoms with Gasteiger partial charge in [0.05, 0.1) is 18.9 Å². The van der Waals surface area contributed by atoms with E-state index in [0.29, 0.717) is 24.6 Å². The summed E-state index contributed by atoms with van der Waals surface area (Å²) in [5.41, 5.74) is 1.05. The third-order valence-electron chi connectivity index (χ3n) is 3.87. The molecule has 1 heterocycles. The van der Waals surface area contributed by atoms with E-state index in [1.54, 1.807) is 12.1 Å². The molecule has 1 aromatic rings. The molecule has 0 spiro atoms. The quantitative estimate of drug-likeness (QED) is 0.747. The van der Waals surface area contributed by atoms with Crippen LogP contribution in [0.3, 0.4) is 0 Å². The van der Waals surface area contributed by atoms with Crippen molar-refractivity contribution in [1.29, 1.82) is 0 Å². The van der Waals surface area contributed by atoms with E-state index < -0.39 is 10.0 Å². The number of amides is 1. The Morgan fingerprint density at radius 2 is 2.08 bits per heavy atom. The van der Waals surface area contributed by atoms with Crippen molar-refractivity contribution in [2.24, 2.45) is 0 Å². The molecule has 0 aromatic heterocycles. The van der Waals surface area contributed by atoms with Crippen LogP contribution in [0.4, 0.5) is 0 Å². The smallest absolute Gasteiger partial charge is 0.235 e. The topological polar surface area (TPSA) is 75.7 Å². The number of halogens is 1. The van der Waals surface area contributed by atoms with Gasteiger partial charge in [-0.1, -0.05) is 23.7 Å². The summed E-state index contributed by atoms with van der Waals surface area (Å²) in [6.45, 7) is 1.14. The third kappa shape index (κ3) is 6.39. The molecular formula is C16H23ClN2O4S. The number of rotatable bonds is 8. The lowest BCUT2D eigenvalue weighted by Crippen LogP contribution is -2.44. The molecule has 1 atom stereocenters. The second-order valence-electron chi connectivity index (χ2n) is 5.92. The number of carbonyl (C=O) groups is 1. The normalized spacial score (nSPS) is 18.0. The van der Waals surface area contributed by atoms with Crippen molar-refractivity contribution in [2.45, 2.75) is 25.4 Å². The summed E-state index contributed by atoms with van der Waals surface area (Å²) in [5, 5.41) is 3.42. The van der Waals surface area contributed by atoms with Crippen molar-refractivity contribution in [2.75, 3.05) is 32.5 Å². The molecule has 1 aliphatic heterocycles. The Morgan fingerprint density at radius 1 is 1.38 bits per heavy atom. The van der Waals surface area contributed by atoms with Gasteiger partial charge in [-0.05, 0) is 37.0 Å². The molecule has 1 aliphatic rings. The Hall–Kier alpha value is -1.15. The maximum atomic E-state index is 12.0. The summed E-state index contributed by atoms with van der Waals surface area (Å²) in [6.07, 6.45) is 3.40. The van der Waals surface area contributed by atoms with Gasteiger partial charge >= 0.3 is 0 Å². The van der Waals surface area contributed by atoms with Gasteiger partial charge in [-0.3, -0.25) is 4.79 Å². The summed E-state index contributed by atoms with van der Waals surface area (Å²) >= 11 is 5.82. The van der Waals surface area contributed by atoms with Crippen LogP contribution in [-0.2, 0) is 26.0 Å². The van der Waals surface area contributed by atoms with Crippen LogP contribution >= 0.6 is 11.6 Å². The Balaban J connectivity index is 1.80. The van der Waals surface area contributed by atoms with Gasteiger partial charge in [-0.2, -0.15) is 4.31 Å². The van der Waals surface area contributed by atoms with Crippen molar-refractivity contribution in [3.05, 3.63) is 34.9 Å². The van der Waals surface area contributed by atoms with Gasteiger partial charge in [0.15, 0.2) is 0 Å². The molecule has 1 saturated heterocycles. The van der Waals surface area contributed by atoms with E-state index in [1.807, 2.05) is 12.1 Å². The molecule has 0 radical (unpaired) electrons. The Morgan fingerprint density at radius 3 is 2.67 bits per heavy atom. The van der Waals surface area contributed by atoms with Crippen LogP contribution < -0.4 is 5.32 Å². The molecule has 2 rings (SSSR count). The minimum absolute atomic E-state index is 0.124. The Labute approximate surface area is 148 Å². The molecular weight excluding hydrogens is 352 g/mol. The second-order valence-corrected chi connectivity index (χ2v) is 8.34. The molecule has 8 heteroatoms. The average molecular weight is 375 g/mol. The van der Waals surface area contributed by atoms with Gasteiger partial charge in [0.2, 0.25) is 15.9 Å². The van der Waals surface area contributed by atoms with Crippen molar-refractivity contribution in [3.63, 3.8) is 0 Å².